The molecule has 0 fully saturated rings. The normalized spacial score (nSPS) is 12.8. The summed E-state index contributed by atoms with van der Waals surface area (Å²) in [6.07, 6.45) is 1.13. The van der Waals surface area contributed by atoms with Gasteiger partial charge in [0.1, 0.15) is 22.3 Å². The molecule has 41 heavy (non-hydrogen) atoms. The minimum Gasteiger partial charge on any atom is -0.543 e. The topological polar surface area (TPSA) is 108 Å². The minimum absolute atomic E-state index is 0.384. The van der Waals surface area contributed by atoms with Crippen molar-refractivity contribution in [2.75, 3.05) is 20.5 Å². The zero-order valence-electron chi connectivity index (χ0n) is 25.5. The van der Waals surface area contributed by atoms with E-state index in [4.69, 9.17) is 23.4 Å². The highest BCUT2D eigenvalue weighted by molar-refractivity contribution is 8.15. The van der Waals surface area contributed by atoms with Crippen LogP contribution in [0.1, 0.15) is 53.0 Å². The summed E-state index contributed by atoms with van der Waals surface area (Å²) in [7, 11) is 0.650. The van der Waals surface area contributed by atoms with E-state index >= 15 is 0 Å². The minimum atomic E-state index is -2.26. The average Bonchev–Trinajstić information content (AvgIpc) is 3.38. The van der Waals surface area contributed by atoms with Gasteiger partial charge in [0.05, 0.1) is 19.9 Å². The molecule has 2 aromatic carbocycles. The maximum atomic E-state index is 12.2. The fourth-order valence-electron chi connectivity index (χ4n) is 5.23. The Morgan fingerprint density at radius 3 is 2.05 bits per heavy atom. The van der Waals surface area contributed by atoms with Crippen LogP contribution in [0.2, 0.25) is 16.6 Å². The molecule has 0 unspecified atom stereocenters. The first-order chi connectivity index (χ1) is 19.4. The molecule has 0 radical (unpaired) electrons. The van der Waals surface area contributed by atoms with Crippen molar-refractivity contribution in [3.8, 4) is 22.9 Å². The van der Waals surface area contributed by atoms with Crippen LogP contribution in [0.25, 0.3) is 11.4 Å². The van der Waals surface area contributed by atoms with Crippen LogP contribution in [-0.2, 0) is 4.74 Å². The van der Waals surface area contributed by atoms with Gasteiger partial charge < -0.3 is 18.4 Å². The number of rotatable bonds is 10. The van der Waals surface area contributed by atoms with Crippen LogP contribution in [0, 0.1) is 6.92 Å². The number of aromatic nitrogens is 2. The Morgan fingerprint density at radius 1 is 0.951 bits per heavy atom. The summed E-state index contributed by atoms with van der Waals surface area (Å²) in [5, 5.41) is 4.38. The Kier molecular flexibility index (Phi) is 10.9. The third kappa shape index (κ3) is 7.45. The van der Waals surface area contributed by atoms with Gasteiger partial charge in [0.25, 0.3) is 8.32 Å². The lowest BCUT2D eigenvalue weighted by Crippen LogP contribution is -2.50. The van der Waals surface area contributed by atoms with E-state index in [1.165, 1.54) is 18.9 Å². The lowest BCUT2D eigenvalue weighted by atomic mass is 10.1. The van der Waals surface area contributed by atoms with E-state index in [0.717, 1.165) is 5.56 Å². The highest BCUT2D eigenvalue weighted by Gasteiger charge is 2.47. The van der Waals surface area contributed by atoms with Gasteiger partial charge in [0.15, 0.2) is 0 Å². The molecule has 0 saturated carbocycles. The molecular weight excluding hydrogens is 557 g/mol. The van der Waals surface area contributed by atoms with Crippen molar-refractivity contribution in [1.82, 2.24) is 10.1 Å². The number of aryl methyl sites for hydroxylation is 1. The Balaban J connectivity index is 2.19. The summed E-state index contributed by atoms with van der Waals surface area (Å²) in [5.74, 6) is 2.31. The third-order valence-corrected chi connectivity index (χ3v) is 13.7. The molecule has 11 heteroatoms. The van der Waals surface area contributed by atoms with Crippen LogP contribution < -0.4 is 9.16 Å². The molecule has 220 valence electrons. The maximum Gasteiger partial charge on any atom is 0.434 e. The standard InChI is InChI=1S/C30H40N4O5SSi/c1-18(2)41(19(3)4,20(5)6)39-26-16-23(15-25(17-26)36-8)27(29(40-10)33-30(35)37-9)32-24-13-11-22(12-14-24)28-31-21(7)38-34-28/h11-20H,1-10H3. The summed E-state index contributed by atoms with van der Waals surface area (Å²) in [6, 6.07) is 13.2. The molecule has 0 aliphatic rings. The van der Waals surface area contributed by atoms with E-state index in [9.17, 15) is 4.79 Å². The Bertz CT molecular complexity index is 1380. The monoisotopic (exact) mass is 596 g/mol. The molecule has 3 aromatic rings. The van der Waals surface area contributed by atoms with E-state index in [1.54, 1.807) is 14.0 Å². The zero-order chi connectivity index (χ0) is 30.3. The molecule has 0 saturated heterocycles. The van der Waals surface area contributed by atoms with Crippen LogP contribution >= 0.6 is 11.8 Å². The van der Waals surface area contributed by atoms with E-state index < -0.39 is 14.4 Å². The van der Waals surface area contributed by atoms with Crippen molar-refractivity contribution in [3.05, 3.63) is 53.9 Å². The fourth-order valence-corrected chi connectivity index (χ4v) is 11.0. The second-order valence-electron chi connectivity index (χ2n) is 10.6. The van der Waals surface area contributed by atoms with Gasteiger partial charge in [-0.25, -0.2) is 9.79 Å². The van der Waals surface area contributed by atoms with Gasteiger partial charge in [0.2, 0.25) is 11.7 Å². The number of ether oxygens (including phenoxy) is 2. The highest BCUT2D eigenvalue weighted by Crippen LogP contribution is 2.43. The molecule has 9 nitrogen and oxygen atoms in total. The van der Waals surface area contributed by atoms with Gasteiger partial charge in [0, 0.05) is 24.1 Å². The number of methoxy groups -OCH3 is 2. The summed E-state index contributed by atoms with van der Waals surface area (Å²) in [4.78, 5) is 25.6. The third-order valence-electron chi connectivity index (χ3n) is 7.05. The molecule has 0 N–H and O–H groups in total. The molecule has 0 aliphatic heterocycles. The van der Waals surface area contributed by atoms with E-state index in [1.807, 2.05) is 48.7 Å². The number of aliphatic imine (C=N–C) groups is 2. The van der Waals surface area contributed by atoms with Gasteiger partial charge in [-0.15, -0.1) is 11.8 Å². The maximum absolute atomic E-state index is 12.2. The zero-order valence-corrected chi connectivity index (χ0v) is 27.3. The van der Waals surface area contributed by atoms with Crippen molar-refractivity contribution in [1.29, 1.82) is 0 Å². The predicted molar refractivity (Wildman–Crippen MR) is 169 cm³/mol. The van der Waals surface area contributed by atoms with E-state index in [0.29, 0.717) is 61.8 Å². The van der Waals surface area contributed by atoms with Gasteiger partial charge in [-0.2, -0.15) is 9.98 Å². The van der Waals surface area contributed by atoms with Gasteiger partial charge in [-0.1, -0.05) is 46.7 Å². The summed E-state index contributed by atoms with van der Waals surface area (Å²) < 4.78 is 22.6. The molecule has 0 atom stereocenters. The largest absolute Gasteiger partial charge is 0.543 e. The molecular formula is C30H40N4O5SSi. The van der Waals surface area contributed by atoms with Gasteiger partial charge in [-0.05, 0) is 59.3 Å². The van der Waals surface area contributed by atoms with Crippen molar-refractivity contribution in [2.45, 2.75) is 65.1 Å². The van der Waals surface area contributed by atoms with Crippen LogP contribution in [0.4, 0.5) is 10.5 Å². The van der Waals surface area contributed by atoms with Crippen LogP contribution in [-0.4, -0.2) is 55.8 Å². The Labute approximate surface area is 247 Å². The van der Waals surface area contributed by atoms with Crippen molar-refractivity contribution >= 4 is 42.6 Å². The average molecular weight is 597 g/mol. The molecule has 1 amide bonds. The molecule has 0 aliphatic carbocycles. The first kappa shape index (κ1) is 32.1. The van der Waals surface area contributed by atoms with Crippen LogP contribution in [0.3, 0.4) is 0 Å². The van der Waals surface area contributed by atoms with E-state index in [2.05, 4.69) is 56.7 Å². The second kappa shape index (κ2) is 14.0. The van der Waals surface area contributed by atoms with Crippen molar-refractivity contribution in [3.63, 3.8) is 0 Å². The van der Waals surface area contributed by atoms with Crippen molar-refractivity contribution in [2.24, 2.45) is 9.98 Å². The first-order valence-electron chi connectivity index (χ1n) is 13.5. The van der Waals surface area contributed by atoms with Crippen LogP contribution in [0.5, 0.6) is 11.5 Å². The summed E-state index contributed by atoms with van der Waals surface area (Å²) in [6.45, 7) is 15.2. The SMILES string of the molecule is COC(=O)N=C(SC)C(=Nc1ccc(-c2noc(C)n2)cc1)c1cc(OC)cc(O[Si](C(C)C)(C(C)C)C(C)C)c1. The van der Waals surface area contributed by atoms with Gasteiger partial charge >= 0.3 is 6.09 Å². The fraction of sp³-hybridized carbons (Fsp3) is 0.433. The summed E-state index contributed by atoms with van der Waals surface area (Å²) in [5.41, 5.74) is 3.79. The quantitative estimate of drug-likeness (QED) is 0.131. The first-order valence-corrected chi connectivity index (χ1v) is 16.9. The Morgan fingerprint density at radius 2 is 1.56 bits per heavy atom. The lowest BCUT2D eigenvalue weighted by molar-refractivity contribution is 0.183. The predicted octanol–water partition coefficient (Wildman–Crippen LogP) is 8.26. The smallest absolute Gasteiger partial charge is 0.434 e. The molecule has 0 spiro atoms. The number of hydrogen-bond acceptors (Lipinski definition) is 9. The number of nitrogens with zero attached hydrogens (tertiary/aromatic N) is 4. The van der Waals surface area contributed by atoms with E-state index in [-0.39, 0.29) is 0 Å². The molecule has 1 heterocycles. The molecule has 0 bridgehead atoms. The number of benzene rings is 2. The second-order valence-corrected chi connectivity index (χ2v) is 16.7. The highest BCUT2D eigenvalue weighted by atomic mass is 32.2. The number of amides is 1. The lowest BCUT2D eigenvalue weighted by Gasteiger charge is -2.42. The number of hydrogen-bond donors (Lipinski definition) is 0. The number of thioether (sulfide) groups is 1. The molecule has 3 rings (SSSR count). The molecule has 1 aromatic heterocycles. The van der Waals surface area contributed by atoms with Gasteiger partial charge in [-0.3, -0.25) is 0 Å². The number of carbonyl (C=O) groups is 1. The number of carbonyl (C=O) groups excluding carboxylic acids is 1. The van der Waals surface area contributed by atoms with Crippen molar-refractivity contribution < 1.29 is 23.2 Å². The Hall–Kier alpha value is -3.44. The van der Waals surface area contributed by atoms with Crippen LogP contribution in [0.15, 0.2) is 57.0 Å². The summed E-state index contributed by atoms with van der Waals surface area (Å²) >= 11 is 1.30.